The molecule has 0 bridgehead atoms. The van der Waals surface area contributed by atoms with Gasteiger partial charge in [0.15, 0.2) is 8.32 Å². The standard InChI is InChI=1S/C17H29BrN2OSi/c1-17(2,3)22(4,5)21-13-16-7-6-8-20(16)12-14-9-15(18)11-19-10-14/h9-11,16H,6-8,12-13H2,1-5H3/t16-/m0/s1. The van der Waals surface area contributed by atoms with Crippen molar-refractivity contribution < 1.29 is 4.43 Å². The molecule has 124 valence electrons. The maximum absolute atomic E-state index is 6.44. The van der Waals surface area contributed by atoms with Crippen LogP contribution in [-0.2, 0) is 11.0 Å². The van der Waals surface area contributed by atoms with Crippen LogP contribution in [0.2, 0.25) is 18.1 Å². The van der Waals surface area contributed by atoms with Crippen LogP contribution in [-0.4, -0.2) is 37.4 Å². The van der Waals surface area contributed by atoms with Gasteiger partial charge in [0.25, 0.3) is 0 Å². The average Bonchev–Trinajstić information content (AvgIpc) is 2.82. The number of pyridine rings is 1. The first-order valence-electron chi connectivity index (χ1n) is 8.16. The SMILES string of the molecule is CC(C)(C)[Si](C)(C)OC[C@@H]1CCCN1Cc1cncc(Br)c1. The molecule has 0 spiro atoms. The number of nitrogens with zero attached hydrogens (tertiary/aromatic N) is 2. The highest BCUT2D eigenvalue weighted by atomic mass is 79.9. The quantitative estimate of drug-likeness (QED) is 0.679. The lowest BCUT2D eigenvalue weighted by molar-refractivity contribution is 0.157. The number of rotatable bonds is 5. The smallest absolute Gasteiger partial charge is 0.192 e. The first kappa shape index (κ1) is 18.1. The zero-order valence-corrected chi connectivity index (χ0v) is 17.1. The van der Waals surface area contributed by atoms with Crippen molar-refractivity contribution in [1.82, 2.24) is 9.88 Å². The molecule has 0 saturated carbocycles. The van der Waals surface area contributed by atoms with Gasteiger partial charge in [-0.3, -0.25) is 9.88 Å². The molecule has 1 aromatic rings. The van der Waals surface area contributed by atoms with E-state index in [1.165, 1.54) is 18.4 Å². The van der Waals surface area contributed by atoms with Gasteiger partial charge in [0.2, 0.25) is 0 Å². The molecule has 5 heteroatoms. The number of likely N-dealkylation sites (tertiary alicyclic amines) is 1. The van der Waals surface area contributed by atoms with Crippen molar-refractivity contribution >= 4 is 24.2 Å². The fourth-order valence-electron chi connectivity index (χ4n) is 2.59. The number of aromatic nitrogens is 1. The molecule has 1 fully saturated rings. The summed E-state index contributed by atoms with van der Waals surface area (Å²) in [5.74, 6) is 0. The molecule has 3 nitrogen and oxygen atoms in total. The van der Waals surface area contributed by atoms with Gasteiger partial charge in [-0.25, -0.2) is 0 Å². The van der Waals surface area contributed by atoms with Crippen LogP contribution in [0.3, 0.4) is 0 Å². The number of halogens is 1. The van der Waals surface area contributed by atoms with E-state index in [1.807, 2.05) is 12.4 Å². The molecule has 2 rings (SSSR count). The van der Waals surface area contributed by atoms with Crippen LogP contribution in [0.25, 0.3) is 0 Å². The molecule has 1 aromatic heterocycles. The van der Waals surface area contributed by atoms with Crippen LogP contribution in [0.4, 0.5) is 0 Å². The molecule has 0 unspecified atom stereocenters. The third-order valence-electron chi connectivity index (χ3n) is 5.09. The van der Waals surface area contributed by atoms with Gasteiger partial charge in [-0.1, -0.05) is 20.8 Å². The lowest BCUT2D eigenvalue weighted by Gasteiger charge is -2.38. The van der Waals surface area contributed by atoms with E-state index in [4.69, 9.17) is 4.43 Å². The summed E-state index contributed by atoms with van der Waals surface area (Å²) in [6.45, 7) is 14.6. The van der Waals surface area contributed by atoms with Crippen molar-refractivity contribution in [3.63, 3.8) is 0 Å². The molecular formula is C17H29BrN2OSi. The van der Waals surface area contributed by atoms with E-state index >= 15 is 0 Å². The normalized spacial score (nSPS) is 20.5. The van der Waals surface area contributed by atoms with Gasteiger partial charge >= 0.3 is 0 Å². The minimum absolute atomic E-state index is 0.282. The maximum Gasteiger partial charge on any atom is 0.192 e. The van der Waals surface area contributed by atoms with Crippen LogP contribution in [0.1, 0.15) is 39.2 Å². The third-order valence-corrected chi connectivity index (χ3v) is 10.0. The zero-order valence-electron chi connectivity index (χ0n) is 14.5. The Labute approximate surface area is 144 Å². The summed E-state index contributed by atoms with van der Waals surface area (Å²) in [6, 6.07) is 2.71. The van der Waals surface area contributed by atoms with E-state index in [9.17, 15) is 0 Å². The van der Waals surface area contributed by atoms with Crippen LogP contribution in [0, 0.1) is 0 Å². The van der Waals surface area contributed by atoms with E-state index in [1.54, 1.807) is 0 Å². The molecule has 1 saturated heterocycles. The lowest BCUT2D eigenvalue weighted by Crippen LogP contribution is -2.44. The molecule has 2 heterocycles. The molecule has 0 aromatic carbocycles. The van der Waals surface area contributed by atoms with Crippen LogP contribution >= 0.6 is 15.9 Å². The zero-order chi connectivity index (χ0) is 16.4. The molecule has 1 aliphatic heterocycles. The second kappa shape index (κ2) is 7.12. The highest BCUT2D eigenvalue weighted by Gasteiger charge is 2.38. The van der Waals surface area contributed by atoms with Gasteiger partial charge in [-0.2, -0.15) is 0 Å². The Kier molecular flexibility index (Phi) is 5.86. The van der Waals surface area contributed by atoms with Crippen LogP contribution in [0.15, 0.2) is 22.9 Å². The van der Waals surface area contributed by atoms with Crippen molar-refractivity contribution in [3.05, 3.63) is 28.5 Å². The molecule has 1 atom stereocenters. The van der Waals surface area contributed by atoms with Crippen molar-refractivity contribution in [2.45, 2.75) is 64.3 Å². The second-order valence-corrected chi connectivity index (χ2v) is 13.6. The summed E-state index contributed by atoms with van der Waals surface area (Å²) in [7, 11) is -1.65. The molecule has 0 N–H and O–H groups in total. The van der Waals surface area contributed by atoms with E-state index in [2.05, 4.69) is 65.7 Å². The molecule has 1 aliphatic rings. The highest BCUT2D eigenvalue weighted by molar-refractivity contribution is 9.10. The summed E-state index contributed by atoms with van der Waals surface area (Å²) in [6.07, 6.45) is 6.32. The molecule has 0 aliphatic carbocycles. The van der Waals surface area contributed by atoms with E-state index in [0.717, 1.165) is 24.2 Å². The summed E-state index contributed by atoms with van der Waals surface area (Å²) >= 11 is 3.51. The second-order valence-electron chi connectivity index (χ2n) is 7.85. The fraction of sp³-hybridized carbons (Fsp3) is 0.706. The predicted molar refractivity (Wildman–Crippen MR) is 98.5 cm³/mol. The average molecular weight is 385 g/mol. The van der Waals surface area contributed by atoms with E-state index in [0.29, 0.717) is 6.04 Å². The largest absolute Gasteiger partial charge is 0.415 e. The molecule has 22 heavy (non-hydrogen) atoms. The van der Waals surface area contributed by atoms with Crippen LogP contribution < -0.4 is 0 Å². The van der Waals surface area contributed by atoms with Gasteiger partial charge in [0, 0.05) is 36.1 Å². The fourth-order valence-corrected chi connectivity index (χ4v) is 4.04. The van der Waals surface area contributed by atoms with Gasteiger partial charge < -0.3 is 4.43 Å². The summed E-state index contributed by atoms with van der Waals surface area (Å²) in [5.41, 5.74) is 1.27. The minimum Gasteiger partial charge on any atom is -0.415 e. The number of hydrogen-bond donors (Lipinski definition) is 0. The molecular weight excluding hydrogens is 356 g/mol. The van der Waals surface area contributed by atoms with Crippen molar-refractivity contribution in [2.24, 2.45) is 0 Å². The Balaban J connectivity index is 1.94. The van der Waals surface area contributed by atoms with Crippen molar-refractivity contribution in [1.29, 1.82) is 0 Å². The molecule has 0 amide bonds. The number of hydrogen-bond acceptors (Lipinski definition) is 3. The van der Waals surface area contributed by atoms with Crippen LogP contribution in [0.5, 0.6) is 0 Å². The third kappa shape index (κ3) is 4.63. The van der Waals surface area contributed by atoms with Crippen molar-refractivity contribution in [3.8, 4) is 0 Å². The Morgan fingerprint density at radius 3 is 2.73 bits per heavy atom. The molecule has 0 radical (unpaired) electrons. The topological polar surface area (TPSA) is 25.4 Å². The Morgan fingerprint density at radius 2 is 2.09 bits per heavy atom. The predicted octanol–water partition coefficient (Wildman–Crippen LogP) is 4.83. The lowest BCUT2D eigenvalue weighted by atomic mass is 10.2. The van der Waals surface area contributed by atoms with E-state index < -0.39 is 8.32 Å². The summed E-state index contributed by atoms with van der Waals surface area (Å²) in [5, 5.41) is 0.282. The highest BCUT2D eigenvalue weighted by Crippen LogP contribution is 2.37. The Morgan fingerprint density at radius 1 is 1.36 bits per heavy atom. The Bertz CT molecular complexity index is 502. The summed E-state index contributed by atoms with van der Waals surface area (Å²) < 4.78 is 7.50. The van der Waals surface area contributed by atoms with Gasteiger partial charge in [-0.15, -0.1) is 0 Å². The van der Waals surface area contributed by atoms with Gasteiger partial charge in [0.05, 0.1) is 0 Å². The minimum atomic E-state index is -1.65. The summed E-state index contributed by atoms with van der Waals surface area (Å²) in [4.78, 5) is 6.82. The monoisotopic (exact) mass is 384 g/mol. The Hall–Kier alpha value is -0.233. The van der Waals surface area contributed by atoms with Gasteiger partial charge in [-0.05, 0) is 65.1 Å². The van der Waals surface area contributed by atoms with Crippen molar-refractivity contribution in [2.75, 3.05) is 13.2 Å². The maximum atomic E-state index is 6.44. The van der Waals surface area contributed by atoms with E-state index in [-0.39, 0.29) is 5.04 Å². The first-order chi connectivity index (χ1) is 10.2. The van der Waals surface area contributed by atoms with Gasteiger partial charge in [0.1, 0.15) is 0 Å². The first-order valence-corrected chi connectivity index (χ1v) is 11.9.